The van der Waals surface area contributed by atoms with E-state index in [4.69, 9.17) is 11.6 Å². The molecule has 0 spiro atoms. The summed E-state index contributed by atoms with van der Waals surface area (Å²) in [5, 5.41) is 10.6. The number of aromatic hydroxyl groups is 1. The summed E-state index contributed by atoms with van der Waals surface area (Å²) in [5.74, 6) is 0.892. The molecule has 4 nitrogen and oxygen atoms in total. The third kappa shape index (κ3) is 3.36. The Morgan fingerprint density at radius 3 is 2.77 bits per heavy atom. The van der Waals surface area contributed by atoms with Crippen molar-refractivity contribution in [2.24, 2.45) is 4.99 Å². The van der Waals surface area contributed by atoms with E-state index in [2.05, 4.69) is 30.9 Å². The van der Waals surface area contributed by atoms with E-state index in [1.54, 1.807) is 18.3 Å². The van der Waals surface area contributed by atoms with Crippen LogP contribution in [0.2, 0.25) is 5.02 Å². The van der Waals surface area contributed by atoms with Gasteiger partial charge in [0.1, 0.15) is 11.6 Å². The molecule has 0 aliphatic rings. The maximum atomic E-state index is 10.1. The van der Waals surface area contributed by atoms with Crippen LogP contribution in [0.5, 0.6) is 5.75 Å². The van der Waals surface area contributed by atoms with Gasteiger partial charge in [-0.25, -0.2) is 4.98 Å². The number of nitrogens with one attached hydrogen (secondary N) is 1. The molecule has 0 saturated carbocycles. The Morgan fingerprint density at radius 1 is 1.08 bits per heavy atom. The molecule has 128 valence electrons. The van der Waals surface area contributed by atoms with Crippen molar-refractivity contribution in [2.75, 3.05) is 0 Å². The van der Waals surface area contributed by atoms with Crippen molar-refractivity contribution >= 4 is 50.5 Å². The van der Waals surface area contributed by atoms with Crippen molar-refractivity contribution in [3.05, 3.63) is 75.7 Å². The lowest BCUT2D eigenvalue weighted by molar-refractivity contribution is 0.471. The molecular formula is C20H13BrClN3O. The molecule has 0 amide bonds. The first-order valence-corrected chi connectivity index (χ1v) is 9.04. The minimum absolute atomic E-state index is 0.103. The standard InChI is InChI=1S/C20H13BrClN3O/c21-16-10-14(22)8-13(19(16)26)11-23-15-5-3-4-12(9-15)20-24-17-6-1-2-7-18(17)25-20/h1-11,26H,(H,24,25). The second-order valence-corrected chi connectivity index (χ2v) is 7.03. The summed E-state index contributed by atoms with van der Waals surface area (Å²) < 4.78 is 0.530. The number of fused-ring (bicyclic) bond motifs is 1. The van der Waals surface area contributed by atoms with Crippen LogP contribution in [0.1, 0.15) is 5.56 Å². The van der Waals surface area contributed by atoms with E-state index in [-0.39, 0.29) is 5.75 Å². The van der Waals surface area contributed by atoms with Gasteiger partial charge in [-0.2, -0.15) is 0 Å². The van der Waals surface area contributed by atoms with Crippen LogP contribution in [-0.2, 0) is 0 Å². The van der Waals surface area contributed by atoms with Gasteiger partial charge in [-0.15, -0.1) is 0 Å². The molecule has 0 atom stereocenters. The fourth-order valence-corrected chi connectivity index (χ4v) is 3.49. The van der Waals surface area contributed by atoms with E-state index in [0.29, 0.717) is 15.1 Å². The largest absolute Gasteiger partial charge is 0.506 e. The highest BCUT2D eigenvalue weighted by Crippen LogP contribution is 2.31. The average molecular weight is 427 g/mol. The highest BCUT2D eigenvalue weighted by molar-refractivity contribution is 9.10. The van der Waals surface area contributed by atoms with Gasteiger partial charge in [-0.05, 0) is 52.3 Å². The number of halogens is 2. The van der Waals surface area contributed by atoms with Gasteiger partial charge < -0.3 is 10.1 Å². The molecule has 0 fully saturated rings. The van der Waals surface area contributed by atoms with Crippen LogP contribution < -0.4 is 0 Å². The first kappa shape index (κ1) is 16.8. The maximum absolute atomic E-state index is 10.1. The predicted molar refractivity (Wildman–Crippen MR) is 110 cm³/mol. The van der Waals surface area contributed by atoms with Gasteiger partial charge in [0, 0.05) is 22.4 Å². The van der Waals surface area contributed by atoms with Gasteiger partial charge in [0.2, 0.25) is 0 Å². The van der Waals surface area contributed by atoms with Crippen LogP contribution in [0.4, 0.5) is 5.69 Å². The van der Waals surface area contributed by atoms with Gasteiger partial charge in [-0.3, -0.25) is 4.99 Å². The Kier molecular flexibility index (Phi) is 4.49. The summed E-state index contributed by atoms with van der Waals surface area (Å²) in [4.78, 5) is 12.4. The Hall–Kier alpha value is -2.63. The zero-order valence-corrected chi connectivity index (χ0v) is 15.8. The number of para-hydroxylation sites is 2. The van der Waals surface area contributed by atoms with Crippen molar-refractivity contribution in [3.8, 4) is 17.1 Å². The highest BCUT2D eigenvalue weighted by Gasteiger charge is 2.07. The Labute approximate surface area is 163 Å². The molecule has 1 heterocycles. The number of imidazole rings is 1. The third-order valence-electron chi connectivity index (χ3n) is 3.92. The van der Waals surface area contributed by atoms with Crippen LogP contribution in [0, 0.1) is 0 Å². The van der Waals surface area contributed by atoms with E-state index >= 15 is 0 Å². The van der Waals surface area contributed by atoms with Crippen LogP contribution in [-0.4, -0.2) is 21.3 Å². The first-order chi connectivity index (χ1) is 12.6. The summed E-state index contributed by atoms with van der Waals surface area (Å²) >= 11 is 9.31. The number of rotatable bonds is 3. The highest BCUT2D eigenvalue weighted by atomic mass is 79.9. The topological polar surface area (TPSA) is 61.3 Å². The third-order valence-corrected chi connectivity index (χ3v) is 4.74. The van der Waals surface area contributed by atoms with Crippen LogP contribution in [0.15, 0.2) is 70.1 Å². The van der Waals surface area contributed by atoms with Gasteiger partial charge in [-0.1, -0.05) is 35.9 Å². The van der Waals surface area contributed by atoms with Crippen LogP contribution >= 0.6 is 27.5 Å². The van der Waals surface area contributed by atoms with E-state index in [9.17, 15) is 5.11 Å². The smallest absolute Gasteiger partial charge is 0.138 e. The van der Waals surface area contributed by atoms with Gasteiger partial charge >= 0.3 is 0 Å². The average Bonchev–Trinajstić information content (AvgIpc) is 3.08. The van der Waals surface area contributed by atoms with E-state index in [0.717, 1.165) is 28.1 Å². The SMILES string of the molecule is Oc1c(Br)cc(Cl)cc1C=Nc1cccc(-c2nc3ccccc3[nH]2)c1. The van der Waals surface area contributed by atoms with E-state index < -0.39 is 0 Å². The lowest BCUT2D eigenvalue weighted by atomic mass is 10.2. The normalized spacial score (nSPS) is 11.5. The first-order valence-electron chi connectivity index (χ1n) is 7.87. The molecule has 2 N–H and O–H groups in total. The number of nitrogens with zero attached hydrogens (tertiary/aromatic N) is 2. The molecule has 4 aromatic rings. The number of benzene rings is 3. The number of phenolic OH excluding ortho intramolecular Hbond substituents is 1. The van der Waals surface area contributed by atoms with Crippen molar-refractivity contribution in [1.29, 1.82) is 0 Å². The Morgan fingerprint density at radius 2 is 1.92 bits per heavy atom. The van der Waals surface area contributed by atoms with E-state index in [1.165, 1.54) is 0 Å². The molecule has 0 radical (unpaired) electrons. The molecule has 1 aromatic heterocycles. The maximum Gasteiger partial charge on any atom is 0.138 e. The van der Waals surface area contributed by atoms with Crippen LogP contribution in [0.25, 0.3) is 22.4 Å². The number of hydrogen-bond acceptors (Lipinski definition) is 3. The summed E-state index contributed by atoms with van der Waals surface area (Å²) in [6, 6.07) is 18.9. The summed E-state index contributed by atoms with van der Waals surface area (Å²) in [6.45, 7) is 0. The van der Waals surface area contributed by atoms with Crippen molar-refractivity contribution in [3.63, 3.8) is 0 Å². The minimum atomic E-state index is 0.103. The zero-order chi connectivity index (χ0) is 18.1. The Bertz CT molecular complexity index is 1100. The van der Waals surface area contributed by atoms with Gasteiger partial charge in [0.15, 0.2) is 0 Å². The lowest BCUT2D eigenvalue weighted by Crippen LogP contribution is -1.84. The number of phenols is 1. The summed E-state index contributed by atoms with van der Waals surface area (Å²) in [6.07, 6.45) is 1.59. The summed E-state index contributed by atoms with van der Waals surface area (Å²) in [5.41, 5.74) is 4.14. The molecular weight excluding hydrogens is 414 g/mol. The van der Waals surface area contributed by atoms with Gasteiger partial charge in [0.05, 0.1) is 21.2 Å². The molecule has 0 unspecified atom stereocenters. The number of hydrogen-bond donors (Lipinski definition) is 2. The lowest BCUT2D eigenvalue weighted by Gasteiger charge is -2.03. The number of H-pyrrole nitrogens is 1. The predicted octanol–water partition coefficient (Wildman–Crippen LogP) is 6.10. The fraction of sp³-hybridized carbons (Fsp3) is 0. The van der Waals surface area contributed by atoms with Crippen molar-refractivity contribution < 1.29 is 5.11 Å². The molecule has 3 aromatic carbocycles. The minimum Gasteiger partial charge on any atom is -0.506 e. The molecule has 0 aliphatic heterocycles. The zero-order valence-electron chi connectivity index (χ0n) is 13.4. The monoisotopic (exact) mass is 425 g/mol. The number of aromatic amines is 1. The molecule has 6 heteroatoms. The molecule has 0 bridgehead atoms. The van der Waals surface area contributed by atoms with Crippen molar-refractivity contribution in [1.82, 2.24) is 9.97 Å². The quantitative estimate of drug-likeness (QED) is 0.389. The summed E-state index contributed by atoms with van der Waals surface area (Å²) in [7, 11) is 0. The second-order valence-electron chi connectivity index (χ2n) is 5.74. The van der Waals surface area contributed by atoms with Crippen LogP contribution in [0.3, 0.4) is 0 Å². The molecule has 0 aliphatic carbocycles. The molecule has 26 heavy (non-hydrogen) atoms. The molecule has 4 rings (SSSR count). The fourth-order valence-electron chi connectivity index (χ4n) is 2.65. The van der Waals surface area contributed by atoms with Gasteiger partial charge in [0.25, 0.3) is 0 Å². The second kappa shape index (κ2) is 6.94. The number of aliphatic imine (C=N–C) groups is 1. The number of aromatic nitrogens is 2. The van der Waals surface area contributed by atoms with Crippen molar-refractivity contribution in [2.45, 2.75) is 0 Å². The molecule has 0 saturated heterocycles. The van der Waals surface area contributed by atoms with E-state index in [1.807, 2.05) is 48.5 Å². The Balaban J connectivity index is 1.68.